The third-order valence-electron chi connectivity index (χ3n) is 2.65. The van der Waals surface area contributed by atoms with E-state index in [2.05, 4.69) is 17.6 Å². The summed E-state index contributed by atoms with van der Waals surface area (Å²) in [5.74, 6) is 0.0181. The molecule has 0 atom stereocenters. The van der Waals surface area contributed by atoms with E-state index in [1.54, 1.807) is 16.2 Å². The van der Waals surface area contributed by atoms with Crippen molar-refractivity contribution in [3.63, 3.8) is 0 Å². The molecule has 1 aromatic heterocycles. The predicted molar refractivity (Wildman–Crippen MR) is 65.3 cm³/mol. The summed E-state index contributed by atoms with van der Waals surface area (Å²) in [5, 5.41) is 3.14. The largest absolute Gasteiger partial charge is 0.335 e. The quantitative estimate of drug-likeness (QED) is 0.592. The molecule has 0 N–H and O–H groups in total. The van der Waals surface area contributed by atoms with Crippen molar-refractivity contribution in [3.8, 4) is 0 Å². The molecule has 0 bridgehead atoms. The van der Waals surface area contributed by atoms with Gasteiger partial charge in [-0.1, -0.05) is 18.2 Å². The minimum Gasteiger partial charge on any atom is -0.335 e. The van der Waals surface area contributed by atoms with Gasteiger partial charge in [-0.15, -0.1) is 11.3 Å². The lowest BCUT2D eigenvalue weighted by molar-refractivity contribution is -0.125. The minimum atomic E-state index is 0.0181. The topological polar surface area (TPSA) is 33.2 Å². The van der Waals surface area contributed by atoms with Crippen molar-refractivity contribution >= 4 is 17.2 Å². The first kappa shape index (κ1) is 11.1. The van der Waals surface area contributed by atoms with Crippen molar-refractivity contribution in [2.24, 2.45) is 0 Å². The Morgan fingerprint density at radius 1 is 1.69 bits per heavy atom. The fourth-order valence-corrected chi connectivity index (χ4v) is 2.40. The molecule has 2 heterocycles. The summed E-state index contributed by atoms with van der Waals surface area (Å²) in [5.41, 5.74) is 1.38. The molecule has 0 unspecified atom stereocenters. The highest BCUT2D eigenvalue weighted by atomic mass is 32.1. The number of nitrogens with zero attached hydrogens (tertiary/aromatic N) is 2. The van der Waals surface area contributed by atoms with Crippen molar-refractivity contribution < 1.29 is 4.79 Å². The van der Waals surface area contributed by atoms with Gasteiger partial charge < -0.3 is 4.90 Å². The standard InChI is InChI=1S/C12H14N2OS/c1-2-12(15)14-6-3-10(4-7-14)9-11-13-5-8-16-11/h2-3,5,8H,1,4,6-7,9H2. The molecular weight excluding hydrogens is 220 g/mol. The molecule has 4 heteroatoms. The zero-order valence-electron chi connectivity index (χ0n) is 9.06. The van der Waals surface area contributed by atoms with Crippen molar-refractivity contribution in [2.75, 3.05) is 13.1 Å². The lowest BCUT2D eigenvalue weighted by Gasteiger charge is -2.25. The van der Waals surface area contributed by atoms with Gasteiger partial charge in [0, 0.05) is 31.1 Å². The van der Waals surface area contributed by atoms with E-state index in [4.69, 9.17) is 0 Å². The van der Waals surface area contributed by atoms with Gasteiger partial charge in [-0.05, 0) is 12.5 Å². The van der Waals surface area contributed by atoms with E-state index >= 15 is 0 Å². The maximum Gasteiger partial charge on any atom is 0.246 e. The number of rotatable bonds is 3. The SMILES string of the molecule is C=CC(=O)N1CC=C(Cc2nccs2)CC1. The van der Waals surface area contributed by atoms with Crippen LogP contribution in [0.1, 0.15) is 11.4 Å². The Labute approximate surface area is 99.1 Å². The Hall–Kier alpha value is -1.42. The van der Waals surface area contributed by atoms with Crippen molar-refractivity contribution in [1.82, 2.24) is 9.88 Å². The lowest BCUT2D eigenvalue weighted by Crippen LogP contribution is -2.33. The molecule has 0 saturated heterocycles. The Kier molecular flexibility index (Phi) is 3.51. The van der Waals surface area contributed by atoms with Crippen molar-refractivity contribution in [3.05, 3.63) is 40.9 Å². The van der Waals surface area contributed by atoms with E-state index in [1.807, 2.05) is 11.6 Å². The molecule has 1 amide bonds. The second-order valence-electron chi connectivity index (χ2n) is 3.70. The van der Waals surface area contributed by atoms with Gasteiger partial charge in [-0.3, -0.25) is 4.79 Å². The second kappa shape index (κ2) is 5.07. The molecular formula is C12H14N2OS. The Balaban J connectivity index is 1.93. The zero-order chi connectivity index (χ0) is 11.4. The number of aromatic nitrogens is 1. The van der Waals surface area contributed by atoms with E-state index in [-0.39, 0.29) is 5.91 Å². The second-order valence-corrected chi connectivity index (χ2v) is 4.68. The van der Waals surface area contributed by atoms with E-state index in [1.165, 1.54) is 11.6 Å². The van der Waals surface area contributed by atoms with Gasteiger partial charge in [0.15, 0.2) is 0 Å². The smallest absolute Gasteiger partial charge is 0.246 e. The molecule has 16 heavy (non-hydrogen) atoms. The summed E-state index contributed by atoms with van der Waals surface area (Å²) in [4.78, 5) is 17.4. The summed E-state index contributed by atoms with van der Waals surface area (Å²) in [6.45, 7) is 4.99. The van der Waals surface area contributed by atoms with Crippen LogP contribution in [0.25, 0.3) is 0 Å². The van der Waals surface area contributed by atoms with Gasteiger partial charge >= 0.3 is 0 Å². The summed E-state index contributed by atoms with van der Waals surface area (Å²) >= 11 is 1.68. The van der Waals surface area contributed by atoms with Crippen LogP contribution in [0.5, 0.6) is 0 Å². The van der Waals surface area contributed by atoms with E-state index < -0.39 is 0 Å². The normalized spacial score (nSPS) is 15.8. The highest BCUT2D eigenvalue weighted by Crippen LogP contribution is 2.17. The first-order valence-corrected chi connectivity index (χ1v) is 6.15. The molecule has 0 aliphatic carbocycles. The molecule has 0 radical (unpaired) electrons. The summed E-state index contributed by atoms with van der Waals surface area (Å²) in [7, 11) is 0. The van der Waals surface area contributed by atoms with Gasteiger partial charge in [-0.25, -0.2) is 4.98 Å². The first-order valence-electron chi connectivity index (χ1n) is 5.27. The molecule has 0 saturated carbocycles. The molecule has 0 spiro atoms. The molecule has 1 aromatic rings. The number of hydrogen-bond acceptors (Lipinski definition) is 3. The number of carbonyl (C=O) groups is 1. The fraction of sp³-hybridized carbons (Fsp3) is 0.333. The average Bonchev–Trinajstić information content (AvgIpc) is 2.82. The monoisotopic (exact) mass is 234 g/mol. The van der Waals surface area contributed by atoms with E-state index in [0.717, 1.165) is 24.4 Å². The molecule has 0 aromatic carbocycles. The zero-order valence-corrected chi connectivity index (χ0v) is 9.87. The summed E-state index contributed by atoms with van der Waals surface area (Å²) in [6.07, 6.45) is 7.20. The van der Waals surface area contributed by atoms with Gasteiger partial charge in [0.25, 0.3) is 0 Å². The van der Waals surface area contributed by atoms with Crippen LogP contribution in [-0.2, 0) is 11.2 Å². The molecule has 3 nitrogen and oxygen atoms in total. The highest BCUT2D eigenvalue weighted by molar-refractivity contribution is 7.09. The van der Waals surface area contributed by atoms with Crippen LogP contribution in [0.2, 0.25) is 0 Å². The Morgan fingerprint density at radius 2 is 2.56 bits per heavy atom. The first-order chi connectivity index (χ1) is 7.79. The van der Waals surface area contributed by atoms with Crippen LogP contribution in [0.15, 0.2) is 35.9 Å². The predicted octanol–water partition coefficient (Wildman–Crippen LogP) is 2.03. The van der Waals surface area contributed by atoms with Crippen molar-refractivity contribution in [2.45, 2.75) is 12.8 Å². The molecule has 0 fully saturated rings. The molecule has 84 valence electrons. The number of carbonyl (C=O) groups excluding carboxylic acids is 1. The van der Waals surface area contributed by atoms with E-state index in [9.17, 15) is 4.79 Å². The summed E-state index contributed by atoms with van der Waals surface area (Å²) in [6, 6.07) is 0. The van der Waals surface area contributed by atoms with Gasteiger partial charge in [-0.2, -0.15) is 0 Å². The summed E-state index contributed by atoms with van der Waals surface area (Å²) < 4.78 is 0. The van der Waals surface area contributed by atoms with Gasteiger partial charge in [0.2, 0.25) is 5.91 Å². The molecule has 1 aliphatic rings. The molecule has 2 rings (SSSR count). The van der Waals surface area contributed by atoms with Crippen LogP contribution >= 0.6 is 11.3 Å². The Morgan fingerprint density at radius 3 is 3.12 bits per heavy atom. The van der Waals surface area contributed by atoms with Gasteiger partial charge in [0.05, 0.1) is 5.01 Å². The maximum absolute atomic E-state index is 11.4. The van der Waals surface area contributed by atoms with Gasteiger partial charge in [0.1, 0.15) is 0 Å². The van der Waals surface area contributed by atoms with Crippen LogP contribution in [-0.4, -0.2) is 28.9 Å². The van der Waals surface area contributed by atoms with Crippen LogP contribution < -0.4 is 0 Å². The number of thiazole rings is 1. The van der Waals surface area contributed by atoms with Crippen LogP contribution in [0, 0.1) is 0 Å². The number of hydrogen-bond donors (Lipinski definition) is 0. The third kappa shape index (κ3) is 2.58. The Bertz CT molecular complexity index is 409. The van der Waals surface area contributed by atoms with Crippen molar-refractivity contribution in [1.29, 1.82) is 0 Å². The molecule has 1 aliphatic heterocycles. The lowest BCUT2D eigenvalue weighted by atomic mass is 10.1. The third-order valence-corrected chi connectivity index (χ3v) is 3.43. The number of amides is 1. The minimum absolute atomic E-state index is 0.0181. The van der Waals surface area contributed by atoms with Crippen LogP contribution in [0.3, 0.4) is 0 Å². The average molecular weight is 234 g/mol. The van der Waals surface area contributed by atoms with E-state index in [0.29, 0.717) is 6.54 Å². The highest BCUT2D eigenvalue weighted by Gasteiger charge is 2.15. The maximum atomic E-state index is 11.4. The van der Waals surface area contributed by atoms with Crippen LogP contribution in [0.4, 0.5) is 0 Å². The fourth-order valence-electron chi connectivity index (χ4n) is 1.74.